The number of nitrogens with one attached hydrogen (secondary N) is 1. The molecule has 4 nitrogen and oxygen atoms in total. The predicted octanol–water partition coefficient (Wildman–Crippen LogP) is 1.82. The number of hydrogen-bond acceptors (Lipinski definition) is 3. The fourth-order valence-electron chi connectivity index (χ4n) is 1.82. The minimum atomic E-state index is 0.0899. The van der Waals surface area contributed by atoms with Gasteiger partial charge < -0.3 is 15.4 Å². The van der Waals surface area contributed by atoms with Crippen LogP contribution in [0.25, 0.3) is 0 Å². The summed E-state index contributed by atoms with van der Waals surface area (Å²) in [6, 6.07) is 5.60. The van der Waals surface area contributed by atoms with E-state index in [1.165, 1.54) is 0 Å². The van der Waals surface area contributed by atoms with Gasteiger partial charge in [-0.2, -0.15) is 0 Å². The third kappa shape index (κ3) is 3.75. The van der Waals surface area contributed by atoms with E-state index in [1.54, 1.807) is 7.11 Å². The molecule has 1 aromatic rings. The molecule has 1 rings (SSSR count). The predicted molar refractivity (Wildman–Crippen MR) is 70.6 cm³/mol. The van der Waals surface area contributed by atoms with Gasteiger partial charge in [-0.3, -0.25) is 5.41 Å². The van der Waals surface area contributed by atoms with Gasteiger partial charge in [0.15, 0.2) is 0 Å². The lowest BCUT2D eigenvalue weighted by molar-refractivity contribution is 0.318. The molecule has 1 aromatic carbocycles. The molecule has 0 aliphatic carbocycles. The summed E-state index contributed by atoms with van der Waals surface area (Å²) in [7, 11) is 3.73. The second kappa shape index (κ2) is 6.25. The first-order valence-electron chi connectivity index (χ1n) is 5.78. The molecule has 0 atom stereocenters. The maximum absolute atomic E-state index is 7.45. The van der Waals surface area contributed by atoms with Crippen molar-refractivity contribution in [3.8, 4) is 5.75 Å². The van der Waals surface area contributed by atoms with E-state index < -0.39 is 0 Å². The van der Waals surface area contributed by atoms with Gasteiger partial charge in [0.1, 0.15) is 11.6 Å². The van der Waals surface area contributed by atoms with Crippen LogP contribution in [0.3, 0.4) is 0 Å². The molecule has 0 spiro atoms. The standard InChI is InChI=1S/C13H21N3O/c1-4-7-16(2)9-11-8-10(13(14)15)5-6-12(11)17-3/h5-6,8H,4,7,9H2,1-3H3,(H3,14,15). The number of nitrogen functional groups attached to an aromatic ring is 1. The van der Waals surface area contributed by atoms with Crippen molar-refractivity contribution in [3.05, 3.63) is 29.3 Å². The van der Waals surface area contributed by atoms with E-state index in [2.05, 4.69) is 18.9 Å². The zero-order valence-electron chi connectivity index (χ0n) is 10.8. The van der Waals surface area contributed by atoms with Gasteiger partial charge in [0, 0.05) is 17.7 Å². The van der Waals surface area contributed by atoms with Crippen LogP contribution >= 0.6 is 0 Å². The average molecular weight is 235 g/mol. The van der Waals surface area contributed by atoms with Gasteiger partial charge in [-0.25, -0.2) is 0 Å². The van der Waals surface area contributed by atoms with Crippen LogP contribution in [0.4, 0.5) is 0 Å². The van der Waals surface area contributed by atoms with E-state index >= 15 is 0 Å². The van der Waals surface area contributed by atoms with Crippen molar-refractivity contribution in [2.45, 2.75) is 19.9 Å². The van der Waals surface area contributed by atoms with E-state index in [-0.39, 0.29) is 5.84 Å². The van der Waals surface area contributed by atoms with Crippen molar-refractivity contribution in [1.29, 1.82) is 5.41 Å². The summed E-state index contributed by atoms with van der Waals surface area (Å²) >= 11 is 0. The summed E-state index contributed by atoms with van der Waals surface area (Å²) in [5.74, 6) is 0.935. The average Bonchev–Trinajstić information content (AvgIpc) is 2.29. The smallest absolute Gasteiger partial charge is 0.123 e. The fraction of sp³-hybridized carbons (Fsp3) is 0.462. The van der Waals surface area contributed by atoms with Crippen LogP contribution in [0.5, 0.6) is 5.75 Å². The first-order valence-corrected chi connectivity index (χ1v) is 5.78. The van der Waals surface area contributed by atoms with Gasteiger partial charge in [-0.05, 0) is 38.2 Å². The van der Waals surface area contributed by atoms with Crippen molar-refractivity contribution >= 4 is 5.84 Å². The van der Waals surface area contributed by atoms with Crippen molar-refractivity contribution in [2.24, 2.45) is 5.73 Å². The molecule has 0 unspecified atom stereocenters. The van der Waals surface area contributed by atoms with Crippen molar-refractivity contribution in [3.63, 3.8) is 0 Å². The lowest BCUT2D eigenvalue weighted by Crippen LogP contribution is -2.19. The summed E-state index contributed by atoms with van der Waals surface area (Å²) < 4.78 is 5.32. The molecule has 0 aromatic heterocycles. The van der Waals surface area contributed by atoms with E-state index in [9.17, 15) is 0 Å². The maximum atomic E-state index is 7.45. The lowest BCUT2D eigenvalue weighted by Gasteiger charge is -2.18. The summed E-state index contributed by atoms with van der Waals surface area (Å²) in [5.41, 5.74) is 7.30. The minimum Gasteiger partial charge on any atom is -0.496 e. The quantitative estimate of drug-likeness (QED) is 0.584. The Hall–Kier alpha value is -1.55. The second-order valence-corrected chi connectivity index (χ2v) is 4.18. The van der Waals surface area contributed by atoms with Crippen molar-refractivity contribution < 1.29 is 4.74 Å². The topological polar surface area (TPSA) is 62.3 Å². The number of nitrogens with two attached hydrogens (primary N) is 1. The Labute approximate surface area is 103 Å². The van der Waals surface area contributed by atoms with E-state index in [4.69, 9.17) is 15.9 Å². The van der Waals surface area contributed by atoms with Crippen LogP contribution in [-0.4, -0.2) is 31.4 Å². The monoisotopic (exact) mass is 235 g/mol. The molecule has 94 valence electrons. The highest BCUT2D eigenvalue weighted by Crippen LogP contribution is 2.21. The molecule has 0 heterocycles. The number of rotatable bonds is 6. The molecule has 0 fully saturated rings. The largest absolute Gasteiger partial charge is 0.496 e. The molecule has 0 saturated heterocycles. The van der Waals surface area contributed by atoms with Crippen LogP contribution in [-0.2, 0) is 6.54 Å². The van der Waals surface area contributed by atoms with Crippen LogP contribution in [0.1, 0.15) is 24.5 Å². The number of hydrogen-bond donors (Lipinski definition) is 2. The summed E-state index contributed by atoms with van der Waals surface area (Å²) in [6.45, 7) is 3.99. The Morgan fingerprint density at radius 2 is 2.18 bits per heavy atom. The SMILES string of the molecule is CCCN(C)Cc1cc(C(=N)N)ccc1OC. The minimum absolute atomic E-state index is 0.0899. The number of benzene rings is 1. The third-order valence-corrected chi connectivity index (χ3v) is 2.64. The first-order chi connectivity index (χ1) is 8.08. The Balaban J connectivity index is 2.93. The molecule has 0 radical (unpaired) electrons. The Bertz CT molecular complexity index is 390. The van der Waals surface area contributed by atoms with Gasteiger partial charge >= 0.3 is 0 Å². The first kappa shape index (κ1) is 13.5. The van der Waals surface area contributed by atoms with Crippen LogP contribution in [0.2, 0.25) is 0 Å². The number of methoxy groups -OCH3 is 1. The van der Waals surface area contributed by atoms with Crippen LogP contribution < -0.4 is 10.5 Å². The molecule has 4 heteroatoms. The van der Waals surface area contributed by atoms with E-state index in [0.29, 0.717) is 0 Å². The Morgan fingerprint density at radius 3 is 2.71 bits per heavy atom. The number of amidine groups is 1. The molecule has 0 aliphatic heterocycles. The highest BCUT2D eigenvalue weighted by Gasteiger charge is 2.08. The zero-order chi connectivity index (χ0) is 12.8. The van der Waals surface area contributed by atoms with E-state index in [0.717, 1.165) is 36.4 Å². The number of ether oxygens (including phenoxy) is 1. The molecular formula is C13H21N3O. The Morgan fingerprint density at radius 1 is 1.47 bits per heavy atom. The fourth-order valence-corrected chi connectivity index (χ4v) is 1.82. The normalized spacial score (nSPS) is 10.6. The molecule has 3 N–H and O–H groups in total. The van der Waals surface area contributed by atoms with Crippen molar-refractivity contribution in [2.75, 3.05) is 20.7 Å². The zero-order valence-corrected chi connectivity index (χ0v) is 10.8. The van der Waals surface area contributed by atoms with Crippen LogP contribution in [0.15, 0.2) is 18.2 Å². The number of nitrogens with zero attached hydrogens (tertiary/aromatic N) is 1. The van der Waals surface area contributed by atoms with Gasteiger partial charge in [-0.15, -0.1) is 0 Å². The maximum Gasteiger partial charge on any atom is 0.123 e. The van der Waals surface area contributed by atoms with Gasteiger partial charge in [0.25, 0.3) is 0 Å². The third-order valence-electron chi connectivity index (χ3n) is 2.64. The van der Waals surface area contributed by atoms with Crippen LogP contribution in [0, 0.1) is 5.41 Å². The van der Waals surface area contributed by atoms with E-state index in [1.807, 2.05) is 18.2 Å². The highest BCUT2D eigenvalue weighted by molar-refractivity contribution is 5.95. The van der Waals surface area contributed by atoms with Gasteiger partial charge in [0.05, 0.1) is 7.11 Å². The summed E-state index contributed by atoms with van der Waals surface area (Å²) in [5, 5.41) is 7.45. The summed E-state index contributed by atoms with van der Waals surface area (Å²) in [6.07, 6.45) is 1.12. The Kier molecular flexibility index (Phi) is 4.97. The molecule has 0 saturated carbocycles. The molecule has 0 aliphatic rings. The molecule has 0 bridgehead atoms. The second-order valence-electron chi connectivity index (χ2n) is 4.18. The summed E-state index contributed by atoms with van der Waals surface area (Å²) in [4.78, 5) is 2.22. The molecular weight excluding hydrogens is 214 g/mol. The molecule has 0 amide bonds. The highest BCUT2D eigenvalue weighted by atomic mass is 16.5. The lowest BCUT2D eigenvalue weighted by atomic mass is 10.1. The van der Waals surface area contributed by atoms with Gasteiger partial charge in [-0.1, -0.05) is 6.92 Å². The van der Waals surface area contributed by atoms with Gasteiger partial charge in [0.2, 0.25) is 0 Å². The molecule has 17 heavy (non-hydrogen) atoms. The van der Waals surface area contributed by atoms with Crippen molar-refractivity contribution in [1.82, 2.24) is 4.90 Å².